The Morgan fingerprint density at radius 3 is 2.47 bits per heavy atom. The van der Waals surface area contributed by atoms with Gasteiger partial charge in [-0.15, -0.1) is 0 Å². The average molecular weight is 241 g/mol. The van der Waals surface area contributed by atoms with Crippen molar-refractivity contribution in [1.29, 1.82) is 0 Å². The second-order valence-electron chi connectivity index (χ2n) is 6.05. The summed E-state index contributed by atoms with van der Waals surface area (Å²) in [6.07, 6.45) is 6.11. The van der Waals surface area contributed by atoms with Crippen LogP contribution >= 0.6 is 0 Å². The van der Waals surface area contributed by atoms with E-state index >= 15 is 0 Å². The van der Waals surface area contributed by atoms with Crippen molar-refractivity contribution in [3.05, 3.63) is 0 Å². The van der Waals surface area contributed by atoms with Gasteiger partial charge in [0, 0.05) is 11.5 Å². The second-order valence-corrected chi connectivity index (χ2v) is 6.05. The molecule has 0 aromatic heterocycles. The number of nitrogens with one attached hydrogen (secondary N) is 1. The summed E-state index contributed by atoms with van der Waals surface area (Å²) in [5, 5.41) is 3.61. The van der Waals surface area contributed by atoms with Crippen LogP contribution in [0.25, 0.3) is 0 Å². The monoisotopic (exact) mass is 241 g/mol. The van der Waals surface area contributed by atoms with Gasteiger partial charge in [-0.1, -0.05) is 27.2 Å². The molecule has 0 aromatic rings. The van der Waals surface area contributed by atoms with Crippen LogP contribution in [0.4, 0.5) is 0 Å². The molecule has 17 heavy (non-hydrogen) atoms. The molecule has 102 valence electrons. The highest BCUT2D eigenvalue weighted by Gasteiger charge is 2.42. The lowest BCUT2D eigenvalue weighted by Gasteiger charge is -2.49. The minimum atomic E-state index is 0.0947. The van der Waals surface area contributed by atoms with Gasteiger partial charge >= 0.3 is 0 Å². The van der Waals surface area contributed by atoms with Crippen LogP contribution in [0.3, 0.4) is 0 Å². The van der Waals surface area contributed by atoms with Gasteiger partial charge in [0.15, 0.2) is 0 Å². The zero-order valence-electron chi connectivity index (χ0n) is 12.4. The molecule has 3 unspecified atom stereocenters. The molecule has 1 fully saturated rings. The summed E-state index contributed by atoms with van der Waals surface area (Å²) in [7, 11) is 0. The van der Waals surface area contributed by atoms with Crippen LogP contribution in [0.1, 0.15) is 66.7 Å². The van der Waals surface area contributed by atoms with Gasteiger partial charge in [-0.3, -0.25) is 0 Å². The van der Waals surface area contributed by atoms with E-state index < -0.39 is 0 Å². The predicted octanol–water partition coefficient (Wildman–Crippen LogP) is 3.75. The Balaban J connectivity index is 2.40. The number of hydrogen-bond acceptors (Lipinski definition) is 2. The van der Waals surface area contributed by atoms with Crippen molar-refractivity contribution in [3.63, 3.8) is 0 Å². The van der Waals surface area contributed by atoms with E-state index in [0.717, 1.165) is 19.6 Å². The van der Waals surface area contributed by atoms with Crippen molar-refractivity contribution in [2.75, 3.05) is 13.2 Å². The fourth-order valence-electron chi connectivity index (χ4n) is 2.87. The van der Waals surface area contributed by atoms with Crippen LogP contribution in [0, 0.1) is 5.92 Å². The van der Waals surface area contributed by atoms with Gasteiger partial charge < -0.3 is 10.1 Å². The Labute approximate surface area is 108 Å². The Morgan fingerprint density at radius 1 is 1.35 bits per heavy atom. The van der Waals surface area contributed by atoms with E-state index in [2.05, 4.69) is 39.9 Å². The molecule has 0 heterocycles. The molecule has 1 N–H and O–H groups in total. The summed E-state index contributed by atoms with van der Waals surface area (Å²) in [5.41, 5.74) is 0.424. The lowest BCUT2D eigenvalue weighted by atomic mass is 9.68. The van der Waals surface area contributed by atoms with Gasteiger partial charge in [-0.05, 0) is 46.1 Å². The third-order valence-corrected chi connectivity index (χ3v) is 4.65. The zero-order chi connectivity index (χ0) is 12.9. The van der Waals surface area contributed by atoms with E-state index in [4.69, 9.17) is 4.74 Å². The molecule has 2 nitrogen and oxygen atoms in total. The van der Waals surface area contributed by atoms with Gasteiger partial charge in [-0.2, -0.15) is 0 Å². The molecule has 3 atom stereocenters. The van der Waals surface area contributed by atoms with Gasteiger partial charge in [0.1, 0.15) is 0 Å². The molecular weight excluding hydrogens is 210 g/mol. The van der Waals surface area contributed by atoms with Crippen LogP contribution in [0.5, 0.6) is 0 Å². The number of hydrogen-bond donors (Lipinski definition) is 1. The SMILES string of the molecule is CCCC(C)(CC)OCC1CCC1(C)NCC. The smallest absolute Gasteiger partial charge is 0.0652 e. The molecule has 0 aromatic carbocycles. The molecule has 0 bridgehead atoms. The zero-order valence-corrected chi connectivity index (χ0v) is 12.4. The maximum absolute atomic E-state index is 6.22. The molecule has 2 heteroatoms. The summed E-state index contributed by atoms with van der Waals surface area (Å²) in [5.74, 6) is 0.699. The Bertz CT molecular complexity index is 231. The van der Waals surface area contributed by atoms with E-state index in [1.165, 1.54) is 25.7 Å². The summed E-state index contributed by atoms with van der Waals surface area (Å²) in [4.78, 5) is 0. The first-order valence-electron chi connectivity index (χ1n) is 7.38. The Morgan fingerprint density at radius 2 is 2.06 bits per heavy atom. The standard InChI is InChI=1S/C15H31NO/c1-6-10-14(4,7-2)17-12-13-9-11-15(13,5)16-8-3/h13,16H,6-12H2,1-5H3. The topological polar surface area (TPSA) is 21.3 Å². The summed E-state index contributed by atoms with van der Waals surface area (Å²) < 4.78 is 6.22. The first-order valence-corrected chi connectivity index (χ1v) is 7.38. The third-order valence-electron chi connectivity index (χ3n) is 4.65. The van der Waals surface area contributed by atoms with Crippen molar-refractivity contribution < 1.29 is 4.74 Å². The molecule has 0 radical (unpaired) electrons. The largest absolute Gasteiger partial charge is 0.375 e. The summed E-state index contributed by atoms with van der Waals surface area (Å²) >= 11 is 0. The minimum absolute atomic E-state index is 0.0947. The van der Waals surface area contributed by atoms with Crippen molar-refractivity contribution in [3.8, 4) is 0 Å². The maximum Gasteiger partial charge on any atom is 0.0652 e. The molecule has 0 spiro atoms. The minimum Gasteiger partial charge on any atom is -0.375 e. The van der Waals surface area contributed by atoms with E-state index in [-0.39, 0.29) is 5.60 Å². The molecule has 1 rings (SSSR count). The first kappa shape index (κ1) is 15.0. The fourth-order valence-corrected chi connectivity index (χ4v) is 2.87. The van der Waals surface area contributed by atoms with E-state index in [1.54, 1.807) is 0 Å². The van der Waals surface area contributed by atoms with Crippen molar-refractivity contribution >= 4 is 0 Å². The Hall–Kier alpha value is -0.0800. The molecule has 0 amide bonds. The Kier molecular flexibility index (Phi) is 5.46. The summed E-state index contributed by atoms with van der Waals surface area (Å²) in [6, 6.07) is 0. The fraction of sp³-hybridized carbons (Fsp3) is 1.00. The molecular formula is C15H31NO. The molecule has 0 saturated heterocycles. The third kappa shape index (κ3) is 3.69. The van der Waals surface area contributed by atoms with Crippen molar-refractivity contribution in [1.82, 2.24) is 5.32 Å². The summed E-state index contributed by atoms with van der Waals surface area (Å²) in [6.45, 7) is 13.3. The van der Waals surface area contributed by atoms with Crippen LogP contribution < -0.4 is 5.32 Å². The lowest BCUT2D eigenvalue weighted by Crippen LogP contribution is -2.57. The normalized spacial score (nSPS) is 31.9. The highest BCUT2D eigenvalue weighted by molar-refractivity contribution is 4.99. The molecule has 1 aliphatic rings. The van der Waals surface area contributed by atoms with Crippen LogP contribution in [-0.4, -0.2) is 24.3 Å². The van der Waals surface area contributed by atoms with Crippen molar-refractivity contribution in [2.24, 2.45) is 5.92 Å². The second kappa shape index (κ2) is 6.19. The van der Waals surface area contributed by atoms with Crippen LogP contribution in [0.2, 0.25) is 0 Å². The van der Waals surface area contributed by atoms with Gasteiger partial charge in [0.2, 0.25) is 0 Å². The van der Waals surface area contributed by atoms with E-state index in [9.17, 15) is 0 Å². The average Bonchev–Trinajstić information content (AvgIpc) is 2.28. The van der Waals surface area contributed by atoms with E-state index in [0.29, 0.717) is 11.5 Å². The lowest BCUT2D eigenvalue weighted by molar-refractivity contribution is -0.0883. The highest BCUT2D eigenvalue weighted by atomic mass is 16.5. The first-order chi connectivity index (χ1) is 7.99. The predicted molar refractivity (Wildman–Crippen MR) is 74.4 cm³/mol. The molecule has 1 saturated carbocycles. The number of ether oxygens (including phenoxy) is 1. The quantitative estimate of drug-likeness (QED) is 0.699. The highest BCUT2D eigenvalue weighted by Crippen LogP contribution is 2.39. The van der Waals surface area contributed by atoms with Crippen molar-refractivity contribution in [2.45, 2.75) is 77.9 Å². The van der Waals surface area contributed by atoms with Crippen LogP contribution in [-0.2, 0) is 4.74 Å². The number of rotatable bonds is 8. The molecule has 1 aliphatic carbocycles. The molecule has 0 aliphatic heterocycles. The van der Waals surface area contributed by atoms with E-state index in [1.807, 2.05) is 0 Å². The maximum atomic E-state index is 6.22. The van der Waals surface area contributed by atoms with Gasteiger partial charge in [0.25, 0.3) is 0 Å². The van der Waals surface area contributed by atoms with Gasteiger partial charge in [-0.25, -0.2) is 0 Å². The van der Waals surface area contributed by atoms with Crippen LogP contribution in [0.15, 0.2) is 0 Å². The van der Waals surface area contributed by atoms with Gasteiger partial charge in [0.05, 0.1) is 12.2 Å².